The molecule has 0 atom stereocenters. The van der Waals surface area contributed by atoms with Gasteiger partial charge in [0.15, 0.2) is 5.82 Å². The van der Waals surface area contributed by atoms with Crippen LogP contribution in [-0.4, -0.2) is 14.5 Å². The zero-order valence-electron chi connectivity index (χ0n) is 29.3. The van der Waals surface area contributed by atoms with Crippen molar-refractivity contribution in [1.82, 2.24) is 19.9 Å². The van der Waals surface area contributed by atoms with E-state index in [-0.39, 0.29) is 0 Å². The minimum atomic E-state index is 0.640. The molecule has 8 aromatic carbocycles. The normalized spacial score (nSPS) is 13.1. The van der Waals surface area contributed by atoms with Gasteiger partial charge in [0, 0.05) is 48.1 Å². The maximum absolute atomic E-state index is 6.72. The molecule has 0 saturated heterocycles. The van der Waals surface area contributed by atoms with Crippen LogP contribution in [0.1, 0.15) is 11.3 Å². The van der Waals surface area contributed by atoms with Gasteiger partial charge in [-0.3, -0.25) is 4.57 Å². The Morgan fingerprint density at radius 1 is 0.618 bits per heavy atom. The van der Waals surface area contributed by atoms with E-state index in [0.717, 1.165) is 72.2 Å². The lowest BCUT2D eigenvalue weighted by atomic mass is 9.98. The van der Waals surface area contributed by atoms with E-state index >= 15 is 0 Å². The zero-order valence-corrected chi connectivity index (χ0v) is 30.1. The van der Waals surface area contributed by atoms with E-state index in [9.17, 15) is 0 Å². The summed E-state index contributed by atoms with van der Waals surface area (Å²) in [6.07, 6.45) is 4.10. The largest absolute Gasteiger partial charge is 0.458 e. The third-order valence-electron chi connectivity index (χ3n) is 11.6. The number of hydrogen-bond donors (Lipinski definition) is 1. The first-order chi connectivity index (χ1) is 27.3. The standard InChI is InChI=1S/C49H28N4OS/c1-2-12-29-25-41-37(24-28(29)11-1)43-33-15-6-5-14-32(33)42-35-16-7-8-19-39(35)53(46(42)48(43)55-41)49-45(51-38-21-20-27-10-3-4-13-30(27)44(38)52-49)36-18-9-17-34-31-22-23-50-26-40(31)54-47(34)36/h1-25,50H,26H2. The molecule has 0 spiro atoms. The lowest BCUT2D eigenvalue weighted by Crippen LogP contribution is -2.07. The van der Waals surface area contributed by atoms with Crippen LogP contribution in [-0.2, 0) is 6.54 Å². The van der Waals surface area contributed by atoms with Gasteiger partial charge >= 0.3 is 0 Å². The first-order valence-corrected chi connectivity index (χ1v) is 19.4. The first-order valence-electron chi connectivity index (χ1n) is 18.6. The molecule has 4 aromatic heterocycles. The molecule has 12 aromatic rings. The number of benzene rings is 8. The van der Waals surface area contributed by atoms with Crippen molar-refractivity contribution in [2.75, 3.05) is 0 Å². The second-order valence-corrected chi connectivity index (χ2v) is 15.6. The molecular weight excluding hydrogens is 693 g/mol. The minimum Gasteiger partial charge on any atom is -0.458 e. The van der Waals surface area contributed by atoms with Gasteiger partial charge in [0.2, 0.25) is 0 Å². The highest BCUT2D eigenvalue weighted by Gasteiger charge is 2.27. The van der Waals surface area contributed by atoms with Crippen molar-refractivity contribution in [3.05, 3.63) is 157 Å². The van der Waals surface area contributed by atoms with Crippen molar-refractivity contribution in [2.24, 2.45) is 0 Å². The Balaban J connectivity index is 1.27. The Morgan fingerprint density at radius 2 is 1.35 bits per heavy atom. The van der Waals surface area contributed by atoms with Gasteiger partial charge in [-0.15, -0.1) is 11.3 Å². The third-order valence-corrected chi connectivity index (χ3v) is 12.7. The molecule has 5 nitrogen and oxygen atoms in total. The highest BCUT2D eigenvalue weighted by atomic mass is 32.1. The summed E-state index contributed by atoms with van der Waals surface area (Å²) in [5.74, 6) is 1.71. The summed E-state index contributed by atoms with van der Waals surface area (Å²) in [7, 11) is 0. The number of rotatable bonds is 2. The summed E-state index contributed by atoms with van der Waals surface area (Å²) in [6.45, 7) is 0.640. The number of nitrogens with zero attached hydrogens (tertiary/aromatic N) is 3. The molecule has 0 saturated carbocycles. The van der Waals surface area contributed by atoms with Crippen molar-refractivity contribution >= 4 is 114 Å². The summed E-state index contributed by atoms with van der Waals surface area (Å²) < 4.78 is 11.6. The van der Waals surface area contributed by atoms with Crippen LogP contribution in [0.25, 0.3) is 119 Å². The maximum Gasteiger partial charge on any atom is 0.165 e. The summed E-state index contributed by atoms with van der Waals surface area (Å²) in [5.41, 5.74) is 7.59. The third kappa shape index (κ3) is 3.96. The number of fused-ring (bicyclic) bond motifs is 17. The predicted molar refractivity (Wildman–Crippen MR) is 230 cm³/mol. The predicted octanol–water partition coefficient (Wildman–Crippen LogP) is 13.0. The summed E-state index contributed by atoms with van der Waals surface area (Å²) >= 11 is 1.87. The Kier molecular flexibility index (Phi) is 5.77. The van der Waals surface area contributed by atoms with Crippen LogP contribution < -0.4 is 5.32 Å². The SMILES string of the molecule is C1=Cc2c(oc3c(-c4nc5ccc6ccccc6c5nc4-n4c5ccccc5c5c6ccccc6c6c7cc8ccccc8cc7sc6c54)cccc23)CN1. The maximum atomic E-state index is 6.72. The Labute approximate surface area is 317 Å². The van der Waals surface area contributed by atoms with Gasteiger partial charge in [-0.25, -0.2) is 9.97 Å². The van der Waals surface area contributed by atoms with Crippen LogP contribution in [0.3, 0.4) is 0 Å². The van der Waals surface area contributed by atoms with Gasteiger partial charge in [-0.2, -0.15) is 0 Å². The molecule has 1 N–H and O–H groups in total. The fraction of sp³-hybridized carbons (Fsp3) is 0.0204. The molecule has 6 heteroatoms. The van der Waals surface area contributed by atoms with Crippen molar-refractivity contribution in [1.29, 1.82) is 0 Å². The molecule has 1 aliphatic heterocycles. The van der Waals surface area contributed by atoms with E-state index in [1.807, 2.05) is 17.5 Å². The number of aromatic nitrogens is 3. The van der Waals surface area contributed by atoms with Gasteiger partial charge in [-0.05, 0) is 69.5 Å². The second kappa shape index (κ2) is 10.8. The van der Waals surface area contributed by atoms with Crippen LogP contribution in [0.5, 0.6) is 0 Å². The molecule has 1 aliphatic rings. The fourth-order valence-electron chi connectivity index (χ4n) is 9.18. The number of furan rings is 1. The fourth-order valence-corrected chi connectivity index (χ4v) is 10.5. The second-order valence-electron chi connectivity index (χ2n) is 14.5. The van der Waals surface area contributed by atoms with Crippen LogP contribution in [0.15, 0.2) is 150 Å². The van der Waals surface area contributed by atoms with Gasteiger partial charge in [0.1, 0.15) is 17.0 Å². The van der Waals surface area contributed by atoms with E-state index in [1.54, 1.807) is 0 Å². The summed E-state index contributed by atoms with van der Waals surface area (Å²) in [4.78, 5) is 11.3. The van der Waals surface area contributed by atoms with Crippen LogP contribution in [0, 0.1) is 0 Å². The molecule has 13 rings (SSSR count). The van der Waals surface area contributed by atoms with Crippen molar-refractivity contribution in [2.45, 2.75) is 6.54 Å². The van der Waals surface area contributed by atoms with Crippen molar-refractivity contribution in [3.63, 3.8) is 0 Å². The number of hydrogen-bond acceptors (Lipinski definition) is 5. The van der Waals surface area contributed by atoms with Gasteiger partial charge in [0.05, 0.1) is 33.3 Å². The van der Waals surface area contributed by atoms with E-state index in [0.29, 0.717) is 6.54 Å². The highest BCUT2D eigenvalue weighted by Crippen LogP contribution is 2.49. The smallest absolute Gasteiger partial charge is 0.165 e. The van der Waals surface area contributed by atoms with Crippen LogP contribution in [0.4, 0.5) is 0 Å². The average molecular weight is 721 g/mol. The Morgan fingerprint density at radius 3 is 2.22 bits per heavy atom. The van der Waals surface area contributed by atoms with E-state index in [2.05, 4.69) is 155 Å². The average Bonchev–Trinajstić information content (AvgIpc) is 3.92. The topological polar surface area (TPSA) is 55.9 Å². The van der Waals surface area contributed by atoms with E-state index < -0.39 is 0 Å². The first kappa shape index (κ1) is 29.4. The van der Waals surface area contributed by atoms with Crippen molar-refractivity contribution < 1.29 is 4.42 Å². The number of nitrogens with one attached hydrogen (secondary N) is 1. The zero-order chi connectivity index (χ0) is 35.8. The van der Waals surface area contributed by atoms with E-state index in [4.69, 9.17) is 14.4 Å². The quantitative estimate of drug-likeness (QED) is 0.181. The molecule has 256 valence electrons. The molecule has 0 fully saturated rings. The van der Waals surface area contributed by atoms with E-state index in [1.165, 1.54) is 52.5 Å². The monoisotopic (exact) mass is 720 g/mol. The molecule has 0 radical (unpaired) electrons. The molecule has 0 bridgehead atoms. The van der Waals surface area contributed by atoms with Crippen LogP contribution in [0.2, 0.25) is 0 Å². The lowest BCUT2D eigenvalue weighted by Gasteiger charge is -2.15. The van der Waals surface area contributed by atoms with Gasteiger partial charge in [-0.1, -0.05) is 109 Å². The lowest BCUT2D eigenvalue weighted by molar-refractivity contribution is 0.533. The summed E-state index contributed by atoms with van der Waals surface area (Å²) in [6, 6.07) is 50.3. The molecule has 0 aliphatic carbocycles. The Hall–Kier alpha value is -7.02. The minimum absolute atomic E-state index is 0.640. The molecule has 0 amide bonds. The number of para-hydroxylation sites is 2. The van der Waals surface area contributed by atoms with Gasteiger partial charge < -0.3 is 9.73 Å². The molecule has 0 unspecified atom stereocenters. The molecule has 5 heterocycles. The van der Waals surface area contributed by atoms with Crippen LogP contribution >= 0.6 is 11.3 Å². The highest BCUT2D eigenvalue weighted by molar-refractivity contribution is 7.27. The molecule has 55 heavy (non-hydrogen) atoms. The Bertz CT molecular complexity index is 3680. The summed E-state index contributed by atoms with van der Waals surface area (Å²) in [5, 5.41) is 16.6. The van der Waals surface area contributed by atoms with Crippen molar-refractivity contribution in [3.8, 4) is 17.1 Å². The number of thiophene rings is 1. The van der Waals surface area contributed by atoms with Gasteiger partial charge in [0.25, 0.3) is 0 Å². The molecular formula is C49H28N4OS.